The van der Waals surface area contributed by atoms with Crippen LogP contribution in [0.3, 0.4) is 0 Å². The predicted octanol–water partition coefficient (Wildman–Crippen LogP) is 3.68. The lowest BCUT2D eigenvalue weighted by Gasteiger charge is -2.20. The Balaban J connectivity index is 4.40. The van der Waals surface area contributed by atoms with Gasteiger partial charge in [-0.3, -0.25) is 0 Å². The van der Waals surface area contributed by atoms with Crippen LogP contribution in [0.15, 0.2) is 0 Å². The first-order chi connectivity index (χ1) is 4.19. The van der Waals surface area contributed by atoms with Crippen molar-refractivity contribution in [3.8, 4) is 0 Å². The lowest BCUT2D eigenvalue weighted by Crippen LogP contribution is -2.51. The number of halogens is 7. The Morgan fingerprint density at radius 1 is 0.800 bits per heavy atom. The van der Waals surface area contributed by atoms with Gasteiger partial charge in [-0.15, -0.1) is 77.6 Å². The van der Waals surface area contributed by atoms with E-state index in [0.29, 0.717) is 0 Å². The maximum absolute atomic E-state index is 5.70. The highest BCUT2D eigenvalue weighted by Crippen LogP contribution is 2.40. The van der Waals surface area contributed by atoms with E-state index in [1.807, 2.05) is 0 Å². The quantitative estimate of drug-likeness (QED) is 0.534. The molecule has 0 aromatic rings. The Morgan fingerprint density at radius 3 is 1.10 bits per heavy atom. The SMILES string of the molecule is Cl[Si](Cl)[Si](Cl)(Cl)[Si](Cl)(Cl)Cl. The third-order valence-electron chi connectivity index (χ3n) is 0.593. The topological polar surface area (TPSA) is 0 Å². The molecule has 0 spiro atoms. The zero-order chi connectivity index (χ0) is 8.58. The molecular weight excluding hydrogens is 332 g/mol. The van der Waals surface area contributed by atoms with Crippen molar-refractivity contribution in [3.63, 3.8) is 0 Å². The van der Waals surface area contributed by atoms with Gasteiger partial charge >= 0.3 is 11.2 Å². The van der Waals surface area contributed by atoms with E-state index in [0.717, 1.165) is 0 Å². The van der Waals surface area contributed by atoms with Crippen LogP contribution < -0.4 is 0 Å². The predicted molar refractivity (Wildman–Crippen MR) is 58.2 cm³/mol. The Hall–Kier alpha value is 2.68. The van der Waals surface area contributed by atoms with Crippen LogP contribution in [0.25, 0.3) is 0 Å². The van der Waals surface area contributed by atoms with Gasteiger partial charge in [0.05, 0.1) is 0 Å². The molecule has 0 aliphatic carbocycles. The molecule has 0 bridgehead atoms. The van der Waals surface area contributed by atoms with Gasteiger partial charge < -0.3 is 0 Å². The molecule has 0 rings (SSSR count). The van der Waals surface area contributed by atoms with Crippen molar-refractivity contribution < 1.29 is 0 Å². The summed E-state index contributed by atoms with van der Waals surface area (Å²) >= 11 is 39.0. The van der Waals surface area contributed by atoms with Crippen molar-refractivity contribution in [1.29, 1.82) is 0 Å². The minimum atomic E-state index is -3.08. The number of hydrogen-bond acceptors (Lipinski definition) is 0. The molecule has 0 aliphatic heterocycles. The lowest BCUT2D eigenvalue weighted by atomic mass is 26.4. The first-order valence-corrected chi connectivity index (χ1v) is 16.4. The molecule has 1 radical (unpaired) electrons. The summed E-state index contributed by atoms with van der Waals surface area (Å²) in [6.45, 7) is -1.89. The summed E-state index contributed by atoms with van der Waals surface area (Å²) in [4.78, 5) is 0. The van der Waals surface area contributed by atoms with Crippen molar-refractivity contribution in [3.05, 3.63) is 0 Å². The summed E-state index contributed by atoms with van der Waals surface area (Å²) in [6.07, 6.45) is 0. The van der Waals surface area contributed by atoms with E-state index >= 15 is 0 Å². The van der Waals surface area contributed by atoms with E-state index in [9.17, 15) is 0 Å². The second kappa shape index (κ2) is 4.26. The standard InChI is InChI=1S/Cl7Si3/c1-8(2)10(6,7)9(3,4)5. The van der Waals surface area contributed by atoms with Crippen LogP contribution in [-0.4, -0.2) is 18.2 Å². The molecule has 61 valence electrons. The fourth-order valence-electron chi connectivity index (χ4n) is 0.107. The van der Waals surface area contributed by atoms with E-state index in [2.05, 4.69) is 0 Å². The van der Waals surface area contributed by atoms with E-state index in [-0.39, 0.29) is 0 Å². The molecule has 10 heteroatoms. The van der Waals surface area contributed by atoms with Crippen LogP contribution in [0, 0.1) is 0 Å². The Bertz CT molecular complexity index is 111. The van der Waals surface area contributed by atoms with Gasteiger partial charge in [0.1, 0.15) is 0 Å². The maximum Gasteiger partial charge on any atom is 0.358 e. The van der Waals surface area contributed by atoms with Crippen molar-refractivity contribution in [1.82, 2.24) is 0 Å². The molecule has 0 N–H and O–H groups in total. The third kappa shape index (κ3) is 3.20. The summed E-state index contributed by atoms with van der Waals surface area (Å²) in [5.41, 5.74) is -6.05. The molecule has 0 amide bonds. The molecule has 0 nitrogen and oxygen atoms in total. The average molecular weight is 332 g/mol. The normalized spacial score (nSPS) is 14.4. The van der Waals surface area contributed by atoms with Crippen LogP contribution in [0.5, 0.6) is 0 Å². The summed E-state index contributed by atoms with van der Waals surface area (Å²) in [5, 5.41) is 0. The monoisotopic (exact) mass is 329 g/mol. The molecule has 0 aliphatic rings. The summed E-state index contributed by atoms with van der Waals surface area (Å²) in [6, 6.07) is 0. The average Bonchev–Trinajstić information content (AvgIpc) is 1.62. The lowest BCUT2D eigenvalue weighted by molar-refractivity contribution is 3.40. The number of rotatable bonds is 2. The van der Waals surface area contributed by atoms with Gasteiger partial charge in [-0.05, 0) is 0 Å². The van der Waals surface area contributed by atoms with Gasteiger partial charge in [0.2, 0.25) is 0 Å². The van der Waals surface area contributed by atoms with E-state index in [1.165, 1.54) is 0 Å². The molecule has 0 saturated carbocycles. The molecular formula is Cl7Si3. The van der Waals surface area contributed by atoms with Crippen molar-refractivity contribution >= 4 is 95.7 Å². The molecule has 0 unspecified atom stereocenters. The smallest absolute Gasteiger partial charge is 0.148 e. The zero-order valence-corrected chi connectivity index (χ0v) is 12.4. The van der Waals surface area contributed by atoms with Crippen LogP contribution in [0.4, 0.5) is 0 Å². The minimum absolute atomic E-state index is 1.89. The van der Waals surface area contributed by atoms with E-state index < -0.39 is 18.2 Å². The fraction of sp³-hybridized carbons (Fsp3) is 0. The summed E-state index contributed by atoms with van der Waals surface area (Å²) in [7, 11) is 0. The molecule has 0 aromatic heterocycles. The van der Waals surface area contributed by atoms with Gasteiger partial charge in [0.25, 0.3) is 6.93 Å². The largest absolute Gasteiger partial charge is 0.358 e. The Kier molecular flexibility index (Phi) is 5.41. The highest BCUT2D eigenvalue weighted by atomic mass is 35.9. The minimum Gasteiger partial charge on any atom is -0.148 e. The van der Waals surface area contributed by atoms with E-state index in [4.69, 9.17) is 77.6 Å². The fourth-order valence-corrected chi connectivity index (χ4v) is 26.0. The molecule has 0 fully saturated rings. The molecule has 0 heterocycles. The summed E-state index contributed by atoms with van der Waals surface area (Å²) < 4.78 is 0. The third-order valence-corrected chi connectivity index (χ3v) is 48.1. The van der Waals surface area contributed by atoms with Gasteiger partial charge in [0, 0.05) is 0 Å². The molecule has 0 saturated heterocycles. The second-order valence-electron chi connectivity index (χ2n) is 1.33. The van der Waals surface area contributed by atoms with Crippen molar-refractivity contribution in [2.24, 2.45) is 0 Å². The van der Waals surface area contributed by atoms with Crippen LogP contribution in [0.2, 0.25) is 0 Å². The first-order valence-electron chi connectivity index (χ1n) is 1.82. The van der Waals surface area contributed by atoms with Gasteiger partial charge in [-0.1, -0.05) is 0 Å². The van der Waals surface area contributed by atoms with Crippen LogP contribution in [0.1, 0.15) is 0 Å². The number of hydrogen-bond donors (Lipinski definition) is 0. The molecule has 0 atom stereocenters. The van der Waals surface area contributed by atoms with Crippen LogP contribution >= 0.6 is 77.6 Å². The van der Waals surface area contributed by atoms with Gasteiger partial charge in [-0.2, -0.15) is 0 Å². The van der Waals surface area contributed by atoms with E-state index in [1.54, 1.807) is 0 Å². The molecule has 10 heavy (non-hydrogen) atoms. The zero-order valence-electron chi connectivity index (χ0n) is 4.15. The van der Waals surface area contributed by atoms with Gasteiger partial charge in [-0.25, -0.2) is 0 Å². The van der Waals surface area contributed by atoms with Gasteiger partial charge in [0.15, 0.2) is 0 Å². The Labute approximate surface area is 94.8 Å². The van der Waals surface area contributed by atoms with Crippen LogP contribution in [-0.2, 0) is 0 Å². The van der Waals surface area contributed by atoms with Crippen molar-refractivity contribution in [2.45, 2.75) is 0 Å². The maximum atomic E-state index is 5.70. The summed E-state index contributed by atoms with van der Waals surface area (Å²) in [5.74, 6) is 0. The second-order valence-corrected chi connectivity index (χ2v) is 36.0. The first kappa shape index (κ1) is 12.7. The highest BCUT2D eigenvalue weighted by Gasteiger charge is 2.59. The van der Waals surface area contributed by atoms with Crippen molar-refractivity contribution in [2.75, 3.05) is 0 Å². The highest BCUT2D eigenvalue weighted by molar-refractivity contribution is 8.17. The molecule has 0 aromatic carbocycles. The Morgan fingerprint density at radius 2 is 1.10 bits per heavy atom.